The molecule has 0 spiro atoms. The van der Waals surface area contributed by atoms with E-state index in [1.54, 1.807) is 0 Å². The predicted molar refractivity (Wildman–Crippen MR) is 226 cm³/mol. The summed E-state index contributed by atoms with van der Waals surface area (Å²) in [5, 5.41) is 2.49. The first-order chi connectivity index (χ1) is 26.2. The van der Waals surface area contributed by atoms with Crippen molar-refractivity contribution in [2.45, 2.75) is 0 Å². The molecular formula is C52H37N. The second-order valence-corrected chi connectivity index (χ2v) is 13.4. The summed E-state index contributed by atoms with van der Waals surface area (Å²) in [6.07, 6.45) is 0. The Kier molecular flexibility index (Phi) is 8.66. The van der Waals surface area contributed by atoms with Crippen LogP contribution in [0.5, 0.6) is 0 Å². The van der Waals surface area contributed by atoms with Crippen LogP contribution in [0.1, 0.15) is 0 Å². The lowest BCUT2D eigenvalue weighted by Crippen LogP contribution is -2.10. The highest BCUT2D eigenvalue weighted by Crippen LogP contribution is 2.40. The van der Waals surface area contributed by atoms with Crippen molar-refractivity contribution in [3.05, 3.63) is 224 Å². The van der Waals surface area contributed by atoms with Crippen LogP contribution in [0.2, 0.25) is 0 Å². The molecule has 0 heterocycles. The number of hydrogen-bond acceptors (Lipinski definition) is 1. The number of nitrogens with zero attached hydrogens (tertiary/aromatic N) is 1. The zero-order valence-electron chi connectivity index (χ0n) is 29.3. The molecule has 9 rings (SSSR count). The molecule has 0 amide bonds. The molecule has 0 aliphatic rings. The van der Waals surface area contributed by atoms with E-state index in [9.17, 15) is 0 Å². The smallest absolute Gasteiger partial charge is 0.0467 e. The Hall–Kier alpha value is -6.96. The van der Waals surface area contributed by atoms with E-state index in [4.69, 9.17) is 0 Å². The van der Waals surface area contributed by atoms with E-state index in [0.717, 1.165) is 17.1 Å². The number of anilines is 3. The van der Waals surface area contributed by atoms with Crippen molar-refractivity contribution in [3.8, 4) is 55.6 Å². The topological polar surface area (TPSA) is 3.24 Å². The molecule has 0 aliphatic carbocycles. The Labute approximate surface area is 311 Å². The van der Waals surface area contributed by atoms with Gasteiger partial charge in [0.2, 0.25) is 0 Å². The van der Waals surface area contributed by atoms with Crippen molar-refractivity contribution in [3.63, 3.8) is 0 Å². The van der Waals surface area contributed by atoms with E-state index in [1.165, 1.54) is 66.4 Å². The summed E-state index contributed by atoms with van der Waals surface area (Å²) in [7, 11) is 0. The maximum Gasteiger partial charge on any atom is 0.0467 e. The Balaban J connectivity index is 1.11. The van der Waals surface area contributed by atoms with Crippen LogP contribution >= 0.6 is 0 Å². The molecule has 1 heteroatoms. The molecule has 0 aliphatic heterocycles. The second kappa shape index (κ2) is 14.3. The first-order valence-electron chi connectivity index (χ1n) is 18.2. The Morgan fingerprint density at radius 2 is 0.547 bits per heavy atom. The molecule has 1 nitrogen and oxygen atoms in total. The maximum atomic E-state index is 2.37. The minimum absolute atomic E-state index is 1.10. The van der Waals surface area contributed by atoms with Gasteiger partial charge in [-0.15, -0.1) is 0 Å². The Morgan fingerprint density at radius 1 is 0.189 bits per heavy atom. The standard InChI is InChI=1S/C52H37N/c1-3-12-38(13-4-1)41-24-26-42(27-25-41)47-20-10-22-51(36-47)53(52-23-11-21-48(37-52)49-29-28-40-16-7-8-17-44(40)35-49)50-32-30-43(31-33-50)46-19-9-18-45(34-46)39-14-5-2-6-15-39/h1-37H. The molecule has 0 atom stereocenters. The van der Waals surface area contributed by atoms with Crippen LogP contribution in [0.4, 0.5) is 17.1 Å². The summed E-state index contributed by atoms with van der Waals surface area (Å²) in [4.78, 5) is 2.37. The van der Waals surface area contributed by atoms with Crippen LogP contribution in [-0.4, -0.2) is 0 Å². The number of benzene rings is 9. The summed E-state index contributed by atoms with van der Waals surface area (Å²) >= 11 is 0. The van der Waals surface area contributed by atoms with E-state index in [0.29, 0.717) is 0 Å². The van der Waals surface area contributed by atoms with Gasteiger partial charge in [0.25, 0.3) is 0 Å². The molecule has 0 aromatic heterocycles. The van der Waals surface area contributed by atoms with Gasteiger partial charge in [-0.3, -0.25) is 0 Å². The normalized spacial score (nSPS) is 11.0. The second-order valence-electron chi connectivity index (χ2n) is 13.4. The van der Waals surface area contributed by atoms with Crippen LogP contribution in [-0.2, 0) is 0 Å². The van der Waals surface area contributed by atoms with Crippen molar-refractivity contribution in [1.29, 1.82) is 0 Å². The largest absolute Gasteiger partial charge is 0.310 e. The summed E-state index contributed by atoms with van der Waals surface area (Å²) in [6.45, 7) is 0. The molecule has 0 unspecified atom stereocenters. The van der Waals surface area contributed by atoms with Crippen LogP contribution in [0.25, 0.3) is 66.4 Å². The van der Waals surface area contributed by atoms with Gasteiger partial charge in [0.15, 0.2) is 0 Å². The quantitative estimate of drug-likeness (QED) is 0.155. The molecular weight excluding hydrogens is 639 g/mol. The van der Waals surface area contributed by atoms with E-state index in [-0.39, 0.29) is 0 Å². The van der Waals surface area contributed by atoms with E-state index in [1.807, 2.05) is 0 Å². The van der Waals surface area contributed by atoms with Crippen molar-refractivity contribution < 1.29 is 0 Å². The highest BCUT2D eigenvalue weighted by Gasteiger charge is 2.15. The van der Waals surface area contributed by atoms with Crippen molar-refractivity contribution >= 4 is 27.8 Å². The monoisotopic (exact) mass is 675 g/mol. The zero-order chi connectivity index (χ0) is 35.4. The fourth-order valence-corrected chi connectivity index (χ4v) is 7.26. The third-order valence-electron chi connectivity index (χ3n) is 10.0. The fraction of sp³-hybridized carbons (Fsp3) is 0. The molecule has 0 saturated heterocycles. The molecule has 0 radical (unpaired) electrons. The van der Waals surface area contributed by atoms with Gasteiger partial charge in [-0.25, -0.2) is 0 Å². The van der Waals surface area contributed by atoms with Gasteiger partial charge in [0.05, 0.1) is 0 Å². The average molecular weight is 676 g/mol. The lowest BCUT2D eigenvalue weighted by atomic mass is 9.98. The Bertz CT molecular complexity index is 2640. The molecule has 0 bridgehead atoms. The Morgan fingerprint density at radius 3 is 1.13 bits per heavy atom. The van der Waals surface area contributed by atoms with Gasteiger partial charge in [-0.1, -0.05) is 176 Å². The van der Waals surface area contributed by atoms with Gasteiger partial charge < -0.3 is 4.90 Å². The lowest BCUT2D eigenvalue weighted by molar-refractivity contribution is 1.28. The number of rotatable bonds is 8. The SMILES string of the molecule is c1ccc(-c2ccc(-c3cccc(N(c4ccc(-c5cccc(-c6ccccc6)c5)cc4)c4cccc(-c5ccc6ccccc6c5)c4)c3)cc2)cc1. The molecule has 0 fully saturated rings. The third-order valence-corrected chi connectivity index (χ3v) is 10.0. The predicted octanol–water partition coefficient (Wildman–Crippen LogP) is 14.6. The van der Waals surface area contributed by atoms with Crippen molar-refractivity contribution in [2.24, 2.45) is 0 Å². The van der Waals surface area contributed by atoms with E-state index < -0.39 is 0 Å². The van der Waals surface area contributed by atoms with E-state index >= 15 is 0 Å². The molecule has 0 N–H and O–H groups in total. The lowest BCUT2D eigenvalue weighted by Gasteiger charge is -2.27. The average Bonchev–Trinajstić information content (AvgIpc) is 3.25. The number of hydrogen-bond donors (Lipinski definition) is 0. The summed E-state index contributed by atoms with van der Waals surface area (Å²) in [5.41, 5.74) is 15.3. The van der Waals surface area contributed by atoms with Crippen LogP contribution in [0, 0.1) is 0 Å². The zero-order valence-corrected chi connectivity index (χ0v) is 29.3. The van der Waals surface area contributed by atoms with Crippen molar-refractivity contribution in [1.82, 2.24) is 0 Å². The molecule has 53 heavy (non-hydrogen) atoms. The van der Waals surface area contributed by atoms with Crippen LogP contribution in [0.15, 0.2) is 224 Å². The third kappa shape index (κ3) is 6.77. The molecule has 250 valence electrons. The van der Waals surface area contributed by atoms with Gasteiger partial charge in [0, 0.05) is 17.1 Å². The van der Waals surface area contributed by atoms with Gasteiger partial charge in [-0.05, 0) is 115 Å². The van der Waals surface area contributed by atoms with Gasteiger partial charge >= 0.3 is 0 Å². The first-order valence-corrected chi connectivity index (χ1v) is 18.2. The molecule has 9 aromatic carbocycles. The maximum absolute atomic E-state index is 2.37. The van der Waals surface area contributed by atoms with Gasteiger partial charge in [0.1, 0.15) is 0 Å². The summed E-state index contributed by atoms with van der Waals surface area (Å²) in [5.74, 6) is 0. The van der Waals surface area contributed by atoms with E-state index in [2.05, 4.69) is 229 Å². The van der Waals surface area contributed by atoms with Crippen molar-refractivity contribution in [2.75, 3.05) is 4.90 Å². The highest BCUT2D eigenvalue weighted by atomic mass is 15.1. The van der Waals surface area contributed by atoms with Gasteiger partial charge in [-0.2, -0.15) is 0 Å². The first kappa shape index (κ1) is 32.0. The van der Waals surface area contributed by atoms with Crippen LogP contribution in [0.3, 0.4) is 0 Å². The highest BCUT2D eigenvalue weighted by molar-refractivity contribution is 5.89. The number of fused-ring (bicyclic) bond motifs is 1. The summed E-state index contributed by atoms with van der Waals surface area (Å²) < 4.78 is 0. The molecule has 9 aromatic rings. The molecule has 0 saturated carbocycles. The van der Waals surface area contributed by atoms with Crippen LogP contribution < -0.4 is 4.90 Å². The minimum atomic E-state index is 1.10. The fourth-order valence-electron chi connectivity index (χ4n) is 7.26. The summed E-state index contributed by atoms with van der Waals surface area (Å²) in [6, 6.07) is 80.8. The minimum Gasteiger partial charge on any atom is -0.310 e.